The average Bonchev–Trinajstić information content (AvgIpc) is 0.891. The molecule has 1 heterocycles. The maximum Gasteiger partial charge on any atom is 1.00 e. The van der Waals surface area contributed by atoms with E-state index in [4.69, 9.17) is 269 Å². The molecule has 0 aliphatic carbocycles. The first kappa shape index (κ1) is 150. The van der Waals surface area contributed by atoms with Gasteiger partial charge in [0, 0.05) is 75.1 Å². The largest absolute Gasteiger partial charge is 1.00 e. The maximum absolute atomic E-state index is 8.86. The van der Waals surface area contributed by atoms with Gasteiger partial charge in [-0.15, -0.1) is 135 Å². The van der Waals surface area contributed by atoms with E-state index >= 15 is 0 Å². The Morgan fingerprint density at radius 2 is 0.653 bits per heavy atom. The monoisotopic (exact) mass is 2740 g/mol. The molecule has 0 saturated carbocycles. The van der Waals surface area contributed by atoms with Crippen LogP contribution in [-0.2, 0) is 64.8 Å². The third-order valence-electron chi connectivity index (χ3n) is 21.6. The molecule has 1 aliphatic rings. The molecule has 147 heavy (non-hydrogen) atoms. The molecule has 0 spiro atoms. The van der Waals surface area contributed by atoms with Gasteiger partial charge in [0.2, 0.25) is 0 Å². The normalized spacial score (nSPS) is 16.4. The smallest absolute Gasteiger partial charge is 0.414 e. The summed E-state index contributed by atoms with van der Waals surface area (Å²) in [6.45, 7) is 121. The van der Waals surface area contributed by atoms with Crippen LogP contribution in [0.4, 0.5) is 0 Å². The number of ether oxygens (including phenoxy) is 9. The van der Waals surface area contributed by atoms with Gasteiger partial charge >= 0.3 is 18.9 Å². The van der Waals surface area contributed by atoms with E-state index in [2.05, 4.69) is 377 Å². The minimum atomic E-state index is -1.93. The van der Waals surface area contributed by atoms with Crippen LogP contribution in [0, 0.1) is 53.8 Å². The second-order valence-corrected chi connectivity index (χ2v) is 108. The van der Waals surface area contributed by atoms with Crippen molar-refractivity contribution in [3.05, 3.63) is 4.46 Å². The van der Waals surface area contributed by atoms with Crippen LogP contribution in [0.15, 0.2) is 0 Å². The zero-order chi connectivity index (χ0) is 144. The summed E-state index contributed by atoms with van der Waals surface area (Å²) in [5.74, 6) is 9.41. The van der Waals surface area contributed by atoms with Gasteiger partial charge < -0.3 is 108 Å². The number of rotatable bonds is 41. The Balaban J connectivity index is -0.0000000541. The Hall–Kier alpha value is 4.72. The van der Waals surface area contributed by atoms with Gasteiger partial charge in [0.25, 0.3) is 0 Å². The van der Waals surface area contributed by atoms with E-state index in [0.29, 0.717) is 79.7 Å². The molecule has 0 aromatic carbocycles. The Morgan fingerprint density at radius 1 is 0.401 bits per heavy atom. The third-order valence-corrected chi connectivity index (χ3v) is 63.1. The summed E-state index contributed by atoms with van der Waals surface area (Å²) >= 11 is 72.5. The average molecular weight is 2750 g/mol. The third kappa shape index (κ3) is 112. The molecule has 0 amide bonds. The Bertz CT molecular complexity index is 3380. The van der Waals surface area contributed by atoms with Crippen molar-refractivity contribution in [3.63, 3.8) is 0 Å². The van der Waals surface area contributed by atoms with Crippen molar-refractivity contribution in [1.82, 2.24) is 0 Å². The topological polar surface area (TPSA) is 213 Å². The predicted octanol–water partition coefficient (Wildman–Crippen LogP) is 34.7. The van der Waals surface area contributed by atoms with Crippen LogP contribution >= 0.6 is 173 Å². The van der Waals surface area contributed by atoms with Crippen molar-refractivity contribution >= 4 is 247 Å². The summed E-state index contributed by atoms with van der Waals surface area (Å²) in [6.07, 6.45) is 21.6. The van der Waals surface area contributed by atoms with Crippen molar-refractivity contribution in [2.24, 2.45) is 0 Å². The SMILES string of the molecule is C#C[C@@H](O)CC.C#C[C@@H](O)COC(C)(C)C.C#C[C@@H](O)COC(C)(C)C.C#C[C@H](CO)OCOC.CC(C)(C)OC[C@@H](CC(Cl)(Cl)[Si](C)(C)C(C)(C)C)O[Si](C)(C)C.CC(C)(C)OC[C@@H](CC(Cl)(Cl)[Si](C)(C)C(C)(C)C)O[Si](C)(C)C.CC(C)(C)OC[C@@H](CC(Cl)Cl)O[Si](C)(C)C.CC(C)(C)OC[C@@H](CI)O[Si](C)(C)C.CC(C)(C)[Si](C)(C)C(Cl)Cl.CC(C)(C)[Si](C)(C)[C-](Cl)Cl.CC[C@@H](CI)O[Si](C)(C)C.ClC[C@@H]1CO1.[2HH].[2HH].[2HH].[2H][2H].[2H][2H].[2H][2H].[2H][2H].[2H][2H].[2H][2H].[2H][2H].[2H][2H].[2H][2H].[2H][2H].[2H][2H].[2H][2H].[Li+]. The Labute approximate surface area is 1050 Å². The molecule has 0 aromatic rings. The van der Waals surface area contributed by atoms with Crippen LogP contribution < -0.4 is 18.9 Å². The zero-order valence-electron chi connectivity index (χ0n) is 128. The molecular weight excluding hydrogens is 2460 g/mol. The van der Waals surface area contributed by atoms with E-state index in [9.17, 15) is 0 Å². The summed E-state index contributed by atoms with van der Waals surface area (Å²) in [6, 6.07) is 0. The molecule has 18 nitrogen and oxygen atoms in total. The summed E-state index contributed by atoms with van der Waals surface area (Å²) < 4.78 is 199. The number of aliphatic hydroxyl groups excluding tert-OH is 4. The number of epoxide rings is 1. The summed E-state index contributed by atoms with van der Waals surface area (Å²) in [5, 5.41) is 35.4. The van der Waals surface area contributed by atoms with Gasteiger partial charge in [-0.05, 0) is 251 Å². The van der Waals surface area contributed by atoms with Gasteiger partial charge in [0.05, 0.1) is 158 Å². The molecule has 1 saturated heterocycles. The van der Waals surface area contributed by atoms with Gasteiger partial charge in [0.1, 0.15) is 44.0 Å². The van der Waals surface area contributed by atoms with Gasteiger partial charge in [-0.2, -0.15) is 0 Å². The summed E-state index contributed by atoms with van der Waals surface area (Å²) in [7, 11) is -13.0. The summed E-state index contributed by atoms with van der Waals surface area (Å²) in [4.78, 5) is -0.398. The standard InChI is InChI=1S/2C17H38Cl2O2Si2.C11H24Cl2O2Si.C10H23IO2Si.2C8H14O2.C7H16Cl2Si.C7H15Cl2Si.C7H17IOSi.C6H10O3.C5H8O.C3H5ClO.Li.15H2/c2*1-15(2,3)20-13-14(21-22(7,8)9)12-17(18,19)23(10,11)16(4,5)6;1-11(2,3)14-8-9(7-10(12)13)15-16(4,5)6;1-10(2,3)12-8-9(7-11)13-14(4,5)6;2*1-5-7(9)6-10-8(2,3)4;2*1-7(2,3)10(4,5)6(8)9;1-5-7(6-8)9-10(2,3)4;1-3-6(4-7)9-5-8-2;1-3-5(6)4-2;4-1-3-2-5-3;;;;;;;;;;;;;;;;/h2*14H,12-13H2,1-11H3;9-10H,7-8H2,1-6H3;9H,7-8H2,1-6H3;2*1,7,9H,6H2,2-4H3;6H,1-5H3;1-5H3;7H,5-6H2,1-4H3;1,6-7H,4-5H2,2H3;1,5-6H,4H2,2H3;3H,1-2H2;;15*1H/q;;;;;;;-1;;;;;+1;;;;;;;;;;;;;;;/t2*14-;2*9-;2*7-;;;7-;6-;5-;3-;;;;;;;;;;;;;;;;/m111111..0111................/s1/i;;;;;;;;;;;;;12*1+1D;3*1+1. The molecular formula is C106H252Cl11I2LiO18Si9. The first-order valence-electron chi connectivity index (χ1n) is 62.7. The van der Waals surface area contributed by atoms with Gasteiger partial charge in [-0.25, -0.2) is 0 Å². The molecule has 1 fully saturated rings. The first-order valence-corrected chi connectivity index (χ1v) is 87.4. The van der Waals surface area contributed by atoms with Crippen molar-refractivity contribution < 1.29 is 144 Å². The predicted molar refractivity (Wildman–Crippen MR) is 720 cm³/mol. The Kier molecular flexibility index (Phi) is 82.1. The number of halogens is 13. The van der Waals surface area contributed by atoms with Gasteiger partial charge in [-0.3, -0.25) is 0 Å². The zero-order valence-corrected chi connectivity index (χ0v) is 125. The minimum absolute atomic E-state index is 0. The second kappa shape index (κ2) is 80.6. The van der Waals surface area contributed by atoms with Crippen molar-refractivity contribution in [2.75, 3.05) is 81.5 Å². The van der Waals surface area contributed by atoms with Crippen molar-refractivity contribution in [1.29, 1.82) is 0 Å². The Morgan fingerprint density at radius 3 is 0.796 bits per heavy atom. The summed E-state index contributed by atoms with van der Waals surface area (Å²) in [5.41, 5.74) is -1.06. The molecule has 0 unspecified atom stereocenters. The van der Waals surface area contributed by atoms with E-state index in [0.717, 1.165) is 21.9 Å². The molecule has 1 rings (SSSR count). The number of methoxy groups -OCH3 is 1. The van der Waals surface area contributed by atoms with Crippen LogP contribution in [0.5, 0.6) is 0 Å². The molecule has 912 valence electrons. The molecule has 41 heteroatoms. The molecule has 1 aliphatic heterocycles. The first-order chi connectivity index (χ1) is 76.1. The van der Waals surface area contributed by atoms with E-state index < -0.39 is 111 Å². The quantitative estimate of drug-likeness (QED) is 0.00852. The van der Waals surface area contributed by atoms with Crippen LogP contribution in [-0.4, -0.2) is 288 Å². The van der Waals surface area contributed by atoms with E-state index in [1.165, 1.54) is 7.11 Å². The minimum Gasteiger partial charge on any atom is -0.414 e. The second-order valence-electron chi connectivity index (χ2n) is 53.1. The molecule has 0 aromatic heterocycles. The molecule has 4 N–H and O–H groups in total. The van der Waals surface area contributed by atoms with E-state index in [1.54, 1.807) is 0 Å². The fourth-order valence-corrected chi connectivity index (χ4v) is 30.0. The fourth-order valence-electron chi connectivity index (χ4n) is 8.95. The van der Waals surface area contributed by atoms with Crippen LogP contribution in [0.25, 0.3) is 0 Å². The van der Waals surface area contributed by atoms with Crippen LogP contribution in [0.1, 0.15) is 294 Å². The van der Waals surface area contributed by atoms with Crippen LogP contribution in [0.2, 0.25) is 171 Å². The van der Waals surface area contributed by atoms with Crippen molar-refractivity contribution in [3.8, 4) is 49.4 Å². The van der Waals surface area contributed by atoms with Gasteiger partial charge in [0.15, 0.2) is 41.6 Å². The number of alkyl halides is 11. The van der Waals surface area contributed by atoms with Crippen LogP contribution in [0.3, 0.4) is 0 Å². The number of hydrogen-bond acceptors (Lipinski definition) is 18. The van der Waals surface area contributed by atoms with Gasteiger partial charge in [-0.1, -0.05) is 231 Å². The molecule has 10 atom stereocenters. The molecule has 0 bridgehead atoms. The maximum atomic E-state index is 8.86. The fraction of sp³-hybridized carbons (Fsp3) is 0.915. The van der Waals surface area contributed by atoms with E-state index in [-0.39, 0.29) is 127 Å². The van der Waals surface area contributed by atoms with E-state index in [1.807, 2.05) is 69.2 Å². The molecule has 0 radical (unpaired) electrons. The number of hydrogen-bond donors (Lipinski definition) is 4. The number of aliphatic hydroxyl groups is 4. The number of terminal acetylenes is 4. The van der Waals surface area contributed by atoms with Crippen molar-refractivity contribution in [2.45, 2.75) is 536 Å².